The number of aryl methyl sites for hydroxylation is 1. The summed E-state index contributed by atoms with van der Waals surface area (Å²) in [7, 11) is 0. The van der Waals surface area contributed by atoms with Crippen molar-refractivity contribution in [1.82, 2.24) is 0 Å². The fraction of sp³-hybridized carbons (Fsp3) is 0.300. The predicted octanol–water partition coefficient (Wildman–Crippen LogP) is 2.06. The van der Waals surface area contributed by atoms with E-state index in [4.69, 9.17) is 0 Å². The standard InChI is InChI=1S/C10H9/c1-2-6-10-8-4-3-7-9(10)5-1/h1,5-6H,4,7-8H2. The van der Waals surface area contributed by atoms with Gasteiger partial charge in [0, 0.05) is 0 Å². The molecule has 0 N–H and O–H groups in total. The lowest BCUT2D eigenvalue weighted by atomic mass is 9.92. The zero-order chi connectivity index (χ0) is 6.81. The Morgan fingerprint density at radius 3 is 3.20 bits per heavy atom. The topological polar surface area (TPSA) is 0 Å². The quantitative estimate of drug-likeness (QED) is 0.503. The van der Waals surface area contributed by atoms with Crippen LogP contribution in [0.5, 0.6) is 0 Å². The van der Waals surface area contributed by atoms with Crippen LogP contribution in [0.25, 0.3) is 0 Å². The Labute approximate surface area is 61.9 Å². The van der Waals surface area contributed by atoms with Crippen LogP contribution in [0.4, 0.5) is 0 Å². The van der Waals surface area contributed by atoms with Gasteiger partial charge in [-0.05, 0) is 42.9 Å². The van der Waals surface area contributed by atoms with Crippen LogP contribution >= 0.6 is 0 Å². The van der Waals surface area contributed by atoms with Crippen LogP contribution in [0.15, 0.2) is 18.2 Å². The molecule has 49 valence electrons. The van der Waals surface area contributed by atoms with E-state index in [9.17, 15) is 0 Å². The average Bonchev–Trinajstić information content (AvgIpc) is 2.05. The molecule has 0 unspecified atom stereocenters. The molecule has 3 radical (unpaired) electrons. The van der Waals surface area contributed by atoms with Gasteiger partial charge in [0.2, 0.25) is 0 Å². The molecule has 10 heavy (non-hydrogen) atoms. The summed E-state index contributed by atoms with van der Waals surface area (Å²) >= 11 is 0. The summed E-state index contributed by atoms with van der Waals surface area (Å²) in [6.07, 6.45) is 6.63. The third kappa shape index (κ3) is 0.942. The summed E-state index contributed by atoms with van der Waals surface area (Å²) in [6, 6.07) is 9.30. The zero-order valence-electron chi connectivity index (χ0n) is 5.85. The normalized spacial score (nSPS) is 16.4. The first kappa shape index (κ1) is 5.96. The van der Waals surface area contributed by atoms with Gasteiger partial charge < -0.3 is 0 Å². The van der Waals surface area contributed by atoms with Gasteiger partial charge in [0.25, 0.3) is 0 Å². The SMILES string of the molecule is [C]1CCc2c[c]ccc2C1. The van der Waals surface area contributed by atoms with Gasteiger partial charge in [-0.2, -0.15) is 0 Å². The first-order chi connectivity index (χ1) is 4.97. The Balaban J connectivity index is 2.41. The van der Waals surface area contributed by atoms with Crippen molar-refractivity contribution in [2.24, 2.45) is 0 Å². The van der Waals surface area contributed by atoms with E-state index in [-0.39, 0.29) is 0 Å². The molecule has 2 rings (SSSR count). The lowest BCUT2D eigenvalue weighted by Gasteiger charge is -2.13. The van der Waals surface area contributed by atoms with E-state index >= 15 is 0 Å². The number of hydrogen-bond donors (Lipinski definition) is 0. The molecule has 1 aromatic rings. The van der Waals surface area contributed by atoms with Crippen molar-refractivity contribution in [3.63, 3.8) is 0 Å². The molecule has 0 aromatic heterocycles. The Kier molecular flexibility index (Phi) is 1.46. The second-order valence-corrected chi connectivity index (χ2v) is 2.62. The first-order valence-corrected chi connectivity index (χ1v) is 3.65. The maximum Gasteiger partial charge on any atom is -0.0123 e. The van der Waals surface area contributed by atoms with Gasteiger partial charge in [-0.1, -0.05) is 18.2 Å². The molecule has 0 bridgehead atoms. The fourth-order valence-electron chi connectivity index (χ4n) is 1.35. The summed E-state index contributed by atoms with van der Waals surface area (Å²) in [4.78, 5) is 0. The molecule has 0 fully saturated rings. The summed E-state index contributed by atoms with van der Waals surface area (Å²) in [5, 5.41) is 0. The molecule has 0 aliphatic heterocycles. The summed E-state index contributed by atoms with van der Waals surface area (Å²) in [5.74, 6) is 0. The number of fused-ring (bicyclic) bond motifs is 1. The van der Waals surface area contributed by atoms with Crippen molar-refractivity contribution in [1.29, 1.82) is 0 Å². The van der Waals surface area contributed by atoms with E-state index in [1.54, 1.807) is 0 Å². The van der Waals surface area contributed by atoms with Crippen LogP contribution in [0, 0.1) is 12.5 Å². The van der Waals surface area contributed by atoms with E-state index in [1.807, 2.05) is 6.07 Å². The smallest absolute Gasteiger partial charge is 0.0123 e. The minimum atomic E-state index is 1.03. The molecule has 0 amide bonds. The van der Waals surface area contributed by atoms with Crippen molar-refractivity contribution < 1.29 is 0 Å². The third-order valence-corrected chi connectivity index (χ3v) is 1.94. The molecule has 0 spiro atoms. The zero-order valence-corrected chi connectivity index (χ0v) is 5.85. The van der Waals surface area contributed by atoms with Gasteiger partial charge in [-0.25, -0.2) is 0 Å². The van der Waals surface area contributed by atoms with E-state index in [0.717, 1.165) is 19.3 Å². The molecule has 1 aliphatic carbocycles. The second kappa shape index (κ2) is 2.45. The maximum atomic E-state index is 3.33. The highest BCUT2D eigenvalue weighted by molar-refractivity contribution is 5.30. The molecule has 0 saturated heterocycles. The summed E-state index contributed by atoms with van der Waals surface area (Å²) in [6.45, 7) is 0. The second-order valence-electron chi connectivity index (χ2n) is 2.62. The lowest BCUT2D eigenvalue weighted by Crippen LogP contribution is -2.01. The highest BCUT2D eigenvalue weighted by atomic mass is 14.1. The number of rotatable bonds is 0. The largest absolute Gasteiger partial charge is 0.0581 e. The van der Waals surface area contributed by atoms with Gasteiger partial charge >= 0.3 is 0 Å². The van der Waals surface area contributed by atoms with Crippen LogP contribution in [0.3, 0.4) is 0 Å². The monoisotopic (exact) mass is 129 g/mol. The predicted molar refractivity (Wildman–Crippen MR) is 40.5 cm³/mol. The van der Waals surface area contributed by atoms with E-state index < -0.39 is 0 Å². The molecule has 0 saturated carbocycles. The Hall–Kier alpha value is -0.780. The maximum absolute atomic E-state index is 3.33. The van der Waals surface area contributed by atoms with Crippen molar-refractivity contribution in [2.75, 3.05) is 0 Å². The third-order valence-electron chi connectivity index (χ3n) is 1.94. The van der Waals surface area contributed by atoms with Crippen LogP contribution < -0.4 is 0 Å². The van der Waals surface area contributed by atoms with E-state index in [0.29, 0.717) is 0 Å². The van der Waals surface area contributed by atoms with Crippen molar-refractivity contribution in [3.05, 3.63) is 41.8 Å². The minimum absolute atomic E-state index is 1.03. The molecule has 0 heteroatoms. The van der Waals surface area contributed by atoms with Gasteiger partial charge in [0.05, 0.1) is 0 Å². The van der Waals surface area contributed by atoms with E-state index in [1.165, 1.54) is 11.1 Å². The molecule has 0 heterocycles. The van der Waals surface area contributed by atoms with Crippen molar-refractivity contribution in [3.8, 4) is 0 Å². The molecular formula is C10H9. The summed E-state index contributed by atoms with van der Waals surface area (Å²) in [5.41, 5.74) is 2.89. The lowest BCUT2D eigenvalue weighted by molar-refractivity contribution is 0.829. The number of benzene rings is 1. The Morgan fingerprint density at radius 1 is 1.30 bits per heavy atom. The molecule has 0 atom stereocenters. The Bertz CT molecular complexity index is 200. The van der Waals surface area contributed by atoms with Gasteiger partial charge in [0.1, 0.15) is 0 Å². The first-order valence-electron chi connectivity index (χ1n) is 3.65. The van der Waals surface area contributed by atoms with Crippen LogP contribution in [-0.2, 0) is 12.8 Å². The molecule has 1 aliphatic rings. The average molecular weight is 129 g/mol. The highest BCUT2D eigenvalue weighted by Gasteiger charge is 2.06. The minimum Gasteiger partial charge on any atom is -0.0581 e. The van der Waals surface area contributed by atoms with Crippen molar-refractivity contribution in [2.45, 2.75) is 19.3 Å². The molecular weight excluding hydrogens is 120 g/mol. The fourth-order valence-corrected chi connectivity index (χ4v) is 1.35. The number of hydrogen-bond acceptors (Lipinski definition) is 0. The van der Waals surface area contributed by atoms with Crippen LogP contribution in [-0.4, -0.2) is 0 Å². The van der Waals surface area contributed by atoms with E-state index in [2.05, 4.69) is 24.6 Å². The van der Waals surface area contributed by atoms with Gasteiger partial charge in [0.15, 0.2) is 0 Å². The van der Waals surface area contributed by atoms with Crippen LogP contribution in [0.2, 0.25) is 0 Å². The summed E-state index contributed by atoms with van der Waals surface area (Å²) < 4.78 is 0. The Morgan fingerprint density at radius 2 is 2.30 bits per heavy atom. The highest BCUT2D eigenvalue weighted by Crippen LogP contribution is 2.18. The van der Waals surface area contributed by atoms with Crippen LogP contribution in [0.1, 0.15) is 17.5 Å². The molecule has 0 nitrogen and oxygen atoms in total. The van der Waals surface area contributed by atoms with Gasteiger partial charge in [-0.15, -0.1) is 0 Å². The molecule has 1 aromatic carbocycles. The van der Waals surface area contributed by atoms with Gasteiger partial charge in [-0.3, -0.25) is 0 Å². The van der Waals surface area contributed by atoms with Crippen molar-refractivity contribution >= 4 is 0 Å².